The molecule has 0 saturated carbocycles. The van der Waals surface area contributed by atoms with Crippen LogP contribution in [0.3, 0.4) is 0 Å². The number of carbonyl (C=O) groups is 1. The van der Waals surface area contributed by atoms with E-state index >= 15 is 0 Å². The predicted octanol–water partition coefficient (Wildman–Crippen LogP) is 2.78. The summed E-state index contributed by atoms with van der Waals surface area (Å²) in [5.41, 5.74) is 2.13. The minimum Gasteiger partial charge on any atom is -0.302 e. The van der Waals surface area contributed by atoms with Crippen molar-refractivity contribution >= 4 is 23.1 Å². The molecule has 104 valence electrons. The highest BCUT2D eigenvalue weighted by molar-refractivity contribution is 7.03. The Hall–Kier alpha value is -2.60. The fourth-order valence-electron chi connectivity index (χ4n) is 1.96. The molecule has 21 heavy (non-hydrogen) atoms. The maximum absolute atomic E-state index is 12.6. The highest BCUT2D eigenvalue weighted by Crippen LogP contribution is 2.19. The largest absolute Gasteiger partial charge is 0.302 e. The number of pyridine rings is 1. The van der Waals surface area contributed by atoms with Crippen LogP contribution in [-0.2, 0) is 6.54 Å². The molecule has 0 atom stereocenters. The third-order valence-electron chi connectivity index (χ3n) is 2.96. The van der Waals surface area contributed by atoms with Gasteiger partial charge in [0.05, 0.1) is 6.54 Å². The van der Waals surface area contributed by atoms with Crippen LogP contribution in [0.25, 0.3) is 0 Å². The summed E-state index contributed by atoms with van der Waals surface area (Å²) in [7, 11) is 0. The van der Waals surface area contributed by atoms with Crippen molar-refractivity contribution in [2.75, 3.05) is 4.90 Å². The average molecular weight is 296 g/mol. The summed E-state index contributed by atoms with van der Waals surface area (Å²) in [4.78, 5) is 18.4. The number of anilines is 1. The number of nitrogens with zero attached hydrogens (tertiary/aromatic N) is 4. The molecule has 2 heterocycles. The Bertz CT molecular complexity index is 701. The standard InChI is InChI=1S/C15H12N4OS/c20-15(14-11-21-18-17-14)19(13-6-2-1-3-7-13)10-12-5-4-8-16-9-12/h1-9,11H,10H2. The Balaban J connectivity index is 1.93. The van der Waals surface area contributed by atoms with E-state index in [4.69, 9.17) is 0 Å². The number of hydrogen-bond acceptors (Lipinski definition) is 5. The van der Waals surface area contributed by atoms with E-state index in [-0.39, 0.29) is 5.91 Å². The Morgan fingerprint density at radius 1 is 1.14 bits per heavy atom. The van der Waals surface area contributed by atoms with Crippen LogP contribution in [-0.4, -0.2) is 20.5 Å². The Morgan fingerprint density at radius 2 is 2.00 bits per heavy atom. The van der Waals surface area contributed by atoms with E-state index in [1.165, 1.54) is 11.5 Å². The molecule has 5 nitrogen and oxygen atoms in total. The Kier molecular flexibility index (Phi) is 3.97. The Morgan fingerprint density at radius 3 is 2.67 bits per heavy atom. The van der Waals surface area contributed by atoms with Crippen molar-refractivity contribution in [3.05, 3.63) is 71.5 Å². The predicted molar refractivity (Wildman–Crippen MR) is 81.1 cm³/mol. The number of benzene rings is 1. The van der Waals surface area contributed by atoms with Crippen molar-refractivity contribution in [3.63, 3.8) is 0 Å². The zero-order valence-corrected chi connectivity index (χ0v) is 11.9. The molecular weight excluding hydrogens is 284 g/mol. The summed E-state index contributed by atoms with van der Waals surface area (Å²) in [5, 5.41) is 5.52. The molecule has 0 spiro atoms. The number of carbonyl (C=O) groups excluding carboxylic acids is 1. The van der Waals surface area contributed by atoms with Gasteiger partial charge < -0.3 is 4.90 Å². The van der Waals surface area contributed by atoms with Gasteiger partial charge in [0.15, 0.2) is 5.69 Å². The summed E-state index contributed by atoms with van der Waals surface area (Å²) in [6.45, 7) is 0.439. The van der Waals surface area contributed by atoms with Gasteiger partial charge in [-0.3, -0.25) is 9.78 Å². The van der Waals surface area contributed by atoms with Crippen molar-refractivity contribution in [3.8, 4) is 0 Å². The molecule has 0 radical (unpaired) electrons. The summed E-state index contributed by atoms with van der Waals surface area (Å²) in [6, 6.07) is 13.3. The lowest BCUT2D eigenvalue weighted by atomic mass is 10.2. The maximum Gasteiger partial charge on any atom is 0.280 e. The molecule has 0 fully saturated rings. The van der Waals surface area contributed by atoms with Crippen LogP contribution < -0.4 is 4.90 Å². The lowest BCUT2D eigenvalue weighted by Gasteiger charge is -2.21. The lowest BCUT2D eigenvalue weighted by molar-refractivity contribution is 0.0980. The summed E-state index contributed by atoms with van der Waals surface area (Å²) >= 11 is 1.17. The van der Waals surface area contributed by atoms with E-state index in [0.717, 1.165) is 11.3 Å². The van der Waals surface area contributed by atoms with Gasteiger partial charge in [-0.2, -0.15) is 0 Å². The van der Waals surface area contributed by atoms with Gasteiger partial charge >= 0.3 is 0 Å². The molecule has 0 aliphatic heterocycles. The molecule has 6 heteroatoms. The number of amides is 1. The molecule has 0 bridgehead atoms. The van der Waals surface area contributed by atoms with Gasteiger partial charge in [-0.15, -0.1) is 5.10 Å². The van der Waals surface area contributed by atoms with Gasteiger partial charge in [0.2, 0.25) is 0 Å². The molecule has 0 saturated heterocycles. The van der Waals surface area contributed by atoms with Gasteiger partial charge in [0, 0.05) is 23.5 Å². The normalized spacial score (nSPS) is 10.3. The third-order valence-corrected chi connectivity index (χ3v) is 3.46. The topological polar surface area (TPSA) is 59.0 Å². The molecular formula is C15H12N4OS. The van der Waals surface area contributed by atoms with Crippen LogP contribution >= 0.6 is 11.5 Å². The van der Waals surface area contributed by atoms with E-state index in [0.29, 0.717) is 12.2 Å². The van der Waals surface area contributed by atoms with Gasteiger partial charge in [-0.25, -0.2) is 0 Å². The van der Waals surface area contributed by atoms with E-state index in [1.54, 1.807) is 22.7 Å². The van der Waals surface area contributed by atoms with Crippen LogP contribution in [0.15, 0.2) is 60.2 Å². The first-order chi connectivity index (χ1) is 10.3. The van der Waals surface area contributed by atoms with Crippen molar-refractivity contribution < 1.29 is 4.79 Å². The highest BCUT2D eigenvalue weighted by atomic mass is 32.1. The van der Waals surface area contributed by atoms with E-state index in [1.807, 2.05) is 42.5 Å². The first-order valence-corrected chi connectivity index (χ1v) is 7.21. The highest BCUT2D eigenvalue weighted by Gasteiger charge is 2.20. The SMILES string of the molecule is O=C(c1csnn1)N(Cc1cccnc1)c1ccccc1. The number of hydrogen-bond donors (Lipinski definition) is 0. The monoisotopic (exact) mass is 296 g/mol. The van der Waals surface area contributed by atoms with Gasteiger partial charge in [-0.1, -0.05) is 28.8 Å². The number of aromatic nitrogens is 3. The first-order valence-electron chi connectivity index (χ1n) is 6.37. The number of rotatable bonds is 4. The fraction of sp³-hybridized carbons (Fsp3) is 0.0667. The molecule has 0 aliphatic rings. The van der Waals surface area contributed by atoms with E-state index < -0.39 is 0 Å². The van der Waals surface area contributed by atoms with Crippen LogP contribution in [0.1, 0.15) is 16.1 Å². The minimum atomic E-state index is -0.168. The van der Waals surface area contributed by atoms with Crippen LogP contribution in [0, 0.1) is 0 Å². The van der Waals surface area contributed by atoms with E-state index in [9.17, 15) is 4.79 Å². The average Bonchev–Trinajstić information content (AvgIpc) is 3.08. The summed E-state index contributed by atoms with van der Waals surface area (Å²) < 4.78 is 3.76. The van der Waals surface area contributed by atoms with Crippen LogP contribution in [0.2, 0.25) is 0 Å². The second-order valence-electron chi connectivity index (χ2n) is 4.38. The third kappa shape index (κ3) is 3.11. The van der Waals surface area contributed by atoms with Crippen molar-refractivity contribution in [2.24, 2.45) is 0 Å². The smallest absolute Gasteiger partial charge is 0.280 e. The van der Waals surface area contributed by atoms with Crippen LogP contribution in [0.4, 0.5) is 5.69 Å². The Labute approximate surface area is 126 Å². The van der Waals surface area contributed by atoms with Gasteiger partial charge in [0.1, 0.15) is 0 Å². The van der Waals surface area contributed by atoms with E-state index in [2.05, 4.69) is 14.6 Å². The van der Waals surface area contributed by atoms with Crippen molar-refractivity contribution in [2.45, 2.75) is 6.54 Å². The number of para-hydroxylation sites is 1. The second-order valence-corrected chi connectivity index (χ2v) is 4.99. The van der Waals surface area contributed by atoms with Gasteiger partial charge in [0.25, 0.3) is 5.91 Å². The molecule has 0 unspecified atom stereocenters. The molecule has 1 aromatic carbocycles. The second kappa shape index (κ2) is 6.23. The zero-order valence-electron chi connectivity index (χ0n) is 11.1. The fourth-order valence-corrected chi connectivity index (χ4v) is 2.39. The van der Waals surface area contributed by atoms with Crippen LogP contribution in [0.5, 0.6) is 0 Å². The minimum absolute atomic E-state index is 0.168. The summed E-state index contributed by atoms with van der Waals surface area (Å²) in [5.74, 6) is -0.168. The molecule has 3 aromatic rings. The molecule has 2 aromatic heterocycles. The molecule has 0 N–H and O–H groups in total. The summed E-state index contributed by atoms with van der Waals surface area (Å²) in [6.07, 6.45) is 3.46. The molecule has 0 aliphatic carbocycles. The maximum atomic E-state index is 12.6. The zero-order chi connectivity index (χ0) is 14.5. The van der Waals surface area contributed by atoms with Crippen molar-refractivity contribution in [1.29, 1.82) is 0 Å². The molecule has 3 rings (SSSR count). The lowest BCUT2D eigenvalue weighted by Crippen LogP contribution is -2.30. The van der Waals surface area contributed by atoms with Crippen molar-refractivity contribution in [1.82, 2.24) is 14.6 Å². The van der Waals surface area contributed by atoms with Gasteiger partial charge in [-0.05, 0) is 35.3 Å². The quantitative estimate of drug-likeness (QED) is 0.743. The molecule has 1 amide bonds. The first kappa shape index (κ1) is 13.4.